The highest BCUT2D eigenvalue weighted by atomic mass is 35.5. The first-order valence-corrected chi connectivity index (χ1v) is 9.69. The molecule has 1 unspecified atom stereocenters. The van der Waals surface area contributed by atoms with Crippen molar-refractivity contribution in [3.05, 3.63) is 35.4 Å². The van der Waals surface area contributed by atoms with Crippen molar-refractivity contribution in [3.8, 4) is 11.3 Å². The molecule has 1 aromatic heterocycles. The molecule has 0 aliphatic rings. The third kappa shape index (κ3) is 6.65. The molecule has 1 atom stereocenters. The summed E-state index contributed by atoms with van der Waals surface area (Å²) in [6.07, 6.45) is 0. The summed E-state index contributed by atoms with van der Waals surface area (Å²) in [5, 5.41) is 10.9. The lowest BCUT2D eigenvalue weighted by atomic mass is 10.1. The van der Waals surface area contributed by atoms with Gasteiger partial charge < -0.3 is 15.5 Å². The van der Waals surface area contributed by atoms with Crippen molar-refractivity contribution in [3.63, 3.8) is 0 Å². The number of carbonyl (C=O) groups excluding carboxylic acids is 2. The van der Waals surface area contributed by atoms with E-state index in [9.17, 15) is 9.59 Å². The van der Waals surface area contributed by atoms with Crippen LogP contribution in [0.2, 0.25) is 5.02 Å². The first-order chi connectivity index (χ1) is 13.1. The van der Waals surface area contributed by atoms with Crippen molar-refractivity contribution in [1.29, 1.82) is 0 Å². The van der Waals surface area contributed by atoms with Gasteiger partial charge in [0.05, 0.1) is 12.2 Å². The van der Waals surface area contributed by atoms with Crippen molar-refractivity contribution < 1.29 is 14.5 Å². The molecule has 0 aliphatic heterocycles. The standard InChI is InChI=1S/C20H28ClN5O2/c1-6-26(13-19(28)23-20(2,3)4)12-18(27)22-17-11-16(24-25(17)5)14-7-9-15(21)10-8-14/h7-11H,6,12-13H2,1-5H3,(H,22,27)(H,23,28)/p+1. The van der Waals surface area contributed by atoms with Crippen molar-refractivity contribution in [2.75, 3.05) is 25.0 Å². The number of rotatable bonds is 7. The summed E-state index contributed by atoms with van der Waals surface area (Å²) in [5.74, 6) is 0.373. The van der Waals surface area contributed by atoms with Gasteiger partial charge in [-0.05, 0) is 39.8 Å². The highest BCUT2D eigenvalue weighted by Crippen LogP contribution is 2.22. The summed E-state index contributed by atoms with van der Waals surface area (Å²) in [5.41, 5.74) is 1.38. The van der Waals surface area contributed by atoms with Gasteiger partial charge in [0.2, 0.25) is 0 Å². The van der Waals surface area contributed by atoms with E-state index < -0.39 is 0 Å². The first kappa shape index (κ1) is 21.9. The van der Waals surface area contributed by atoms with Crippen LogP contribution in [0.1, 0.15) is 27.7 Å². The maximum Gasteiger partial charge on any atom is 0.280 e. The second-order valence-electron chi connectivity index (χ2n) is 7.85. The van der Waals surface area contributed by atoms with Gasteiger partial charge in [0.15, 0.2) is 13.1 Å². The van der Waals surface area contributed by atoms with Gasteiger partial charge in [0, 0.05) is 29.2 Å². The monoisotopic (exact) mass is 406 g/mol. The van der Waals surface area contributed by atoms with Gasteiger partial charge in [0.25, 0.3) is 11.8 Å². The first-order valence-electron chi connectivity index (χ1n) is 9.32. The minimum absolute atomic E-state index is 0.0669. The number of nitrogens with one attached hydrogen (secondary N) is 3. The molecule has 0 saturated heterocycles. The molecule has 7 nitrogen and oxygen atoms in total. The Morgan fingerprint density at radius 3 is 2.32 bits per heavy atom. The largest absolute Gasteiger partial charge is 0.347 e. The van der Waals surface area contributed by atoms with Crippen LogP contribution in [-0.4, -0.2) is 46.8 Å². The summed E-state index contributed by atoms with van der Waals surface area (Å²) in [7, 11) is 1.77. The van der Waals surface area contributed by atoms with E-state index in [1.165, 1.54) is 0 Å². The Morgan fingerprint density at radius 1 is 1.14 bits per heavy atom. The molecule has 1 aromatic carbocycles. The zero-order chi connectivity index (χ0) is 20.9. The number of hydrogen-bond acceptors (Lipinski definition) is 3. The molecular formula is C20H29ClN5O2+. The van der Waals surface area contributed by atoms with Crippen LogP contribution in [-0.2, 0) is 16.6 Å². The molecule has 0 saturated carbocycles. The summed E-state index contributed by atoms with van der Waals surface area (Å²) in [4.78, 5) is 25.5. The summed E-state index contributed by atoms with van der Waals surface area (Å²) in [6, 6.07) is 9.18. The number of quaternary nitrogens is 1. The molecule has 0 aliphatic carbocycles. The number of likely N-dealkylation sites (N-methyl/N-ethyl adjacent to an activating group) is 1. The second kappa shape index (κ2) is 9.21. The number of anilines is 1. The zero-order valence-electron chi connectivity index (χ0n) is 17.1. The van der Waals surface area contributed by atoms with Gasteiger partial charge in [0.1, 0.15) is 5.82 Å². The normalized spacial score (nSPS) is 12.5. The van der Waals surface area contributed by atoms with Crippen LogP contribution in [0.25, 0.3) is 11.3 Å². The van der Waals surface area contributed by atoms with Gasteiger partial charge in [-0.15, -0.1) is 0 Å². The van der Waals surface area contributed by atoms with Gasteiger partial charge in [-0.3, -0.25) is 14.3 Å². The molecule has 0 radical (unpaired) electrons. The Hall–Kier alpha value is -2.38. The van der Waals surface area contributed by atoms with Crippen LogP contribution in [0.3, 0.4) is 0 Å². The number of aromatic nitrogens is 2. The van der Waals surface area contributed by atoms with Gasteiger partial charge in [-0.2, -0.15) is 5.10 Å². The fourth-order valence-corrected chi connectivity index (χ4v) is 2.89. The van der Waals surface area contributed by atoms with Crippen molar-refractivity contribution in [1.82, 2.24) is 15.1 Å². The van der Waals surface area contributed by atoms with E-state index in [1.54, 1.807) is 23.9 Å². The maximum absolute atomic E-state index is 12.5. The molecule has 2 aromatic rings. The summed E-state index contributed by atoms with van der Waals surface area (Å²) < 4.78 is 1.62. The lowest BCUT2D eigenvalue weighted by Gasteiger charge is -2.22. The molecule has 2 amide bonds. The van der Waals surface area contributed by atoms with Crippen LogP contribution in [0.15, 0.2) is 30.3 Å². The van der Waals surface area contributed by atoms with E-state index >= 15 is 0 Å². The molecule has 0 spiro atoms. The average molecular weight is 407 g/mol. The van der Waals surface area contributed by atoms with Crippen molar-refractivity contribution in [2.45, 2.75) is 33.2 Å². The van der Waals surface area contributed by atoms with Gasteiger partial charge in [-0.25, -0.2) is 0 Å². The highest BCUT2D eigenvalue weighted by molar-refractivity contribution is 6.30. The number of nitrogens with zero attached hydrogens (tertiary/aromatic N) is 2. The van der Waals surface area contributed by atoms with E-state index in [0.717, 1.165) is 16.2 Å². The number of hydrogen-bond donors (Lipinski definition) is 3. The van der Waals surface area contributed by atoms with Gasteiger partial charge >= 0.3 is 0 Å². The number of aryl methyl sites for hydroxylation is 1. The SMILES string of the molecule is CC[NH+](CC(=O)Nc1cc(-c2ccc(Cl)cc2)nn1C)CC(=O)NC(C)(C)C. The molecule has 3 N–H and O–H groups in total. The number of halogens is 1. The fraction of sp³-hybridized carbons (Fsp3) is 0.450. The van der Waals surface area contributed by atoms with Crippen LogP contribution in [0.4, 0.5) is 5.82 Å². The van der Waals surface area contributed by atoms with Gasteiger partial charge in [-0.1, -0.05) is 23.7 Å². The molecule has 1 heterocycles. The minimum Gasteiger partial charge on any atom is -0.347 e. The predicted octanol–water partition coefficient (Wildman–Crippen LogP) is 1.50. The Morgan fingerprint density at radius 2 is 1.75 bits per heavy atom. The maximum atomic E-state index is 12.5. The zero-order valence-corrected chi connectivity index (χ0v) is 17.9. The minimum atomic E-state index is -0.287. The van der Waals surface area contributed by atoms with Crippen molar-refractivity contribution in [2.24, 2.45) is 7.05 Å². The Bertz CT molecular complexity index is 824. The third-order valence-corrected chi connectivity index (χ3v) is 4.37. The molecule has 152 valence electrons. The second-order valence-corrected chi connectivity index (χ2v) is 8.29. The predicted molar refractivity (Wildman–Crippen MR) is 111 cm³/mol. The Balaban J connectivity index is 1.98. The number of carbonyl (C=O) groups is 2. The average Bonchev–Trinajstić information content (AvgIpc) is 2.93. The van der Waals surface area contributed by atoms with E-state index in [2.05, 4.69) is 15.7 Å². The lowest BCUT2D eigenvalue weighted by molar-refractivity contribution is -0.881. The topological polar surface area (TPSA) is 80.5 Å². The summed E-state index contributed by atoms with van der Waals surface area (Å²) in [6.45, 7) is 8.89. The number of amides is 2. The molecule has 8 heteroatoms. The third-order valence-electron chi connectivity index (χ3n) is 4.12. The molecule has 0 fully saturated rings. The molecule has 2 rings (SSSR count). The molecule has 0 bridgehead atoms. The fourth-order valence-electron chi connectivity index (χ4n) is 2.76. The lowest BCUT2D eigenvalue weighted by Crippen LogP contribution is -3.14. The van der Waals surface area contributed by atoms with E-state index in [1.807, 2.05) is 45.9 Å². The van der Waals surface area contributed by atoms with Crippen LogP contribution < -0.4 is 15.5 Å². The molecule has 28 heavy (non-hydrogen) atoms. The summed E-state index contributed by atoms with van der Waals surface area (Å²) >= 11 is 5.92. The Kier molecular flexibility index (Phi) is 7.21. The number of benzene rings is 1. The van der Waals surface area contributed by atoms with Crippen LogP contribution >= 0.6 is 11.6 Å². The van der Waals surface area contributed by atoms with Crippen molar-refractivity contribution >= 4 is 29.2 Å². The quantitative estimate of drug-likeness (QED) is 0.651. The van der Waals surface area contributed by atoms with E-state index in [-0.39, 0.29) is 30.4 Å². The smallest absolute Gasteiger partial charge is 0.280 e. The van der Waals surface area contributed by atoms with Crippen LogP contribution in [0.5, 0.6) is 0 Å². The van der Waals surface area contributed by atoms with E-state index in [0.29, 0.717) is 17.4 Å². The van der Waals surface area contributed by atoms with E-state index in [4.69, 9.17) is 11.6 Å². The molecular weight excluding hydrogens is 378 g/mol. The Labute approximate surface area is 171 Å². The highest BCUT2D eigenvalue weighted by Gasteiger charge is 2.21. The van der Waals surface area contributed by atoms with Crippen LogP contribution in [0, 0.1) is 0 Å².